The zero-order valence-electron chi connectivity index (χ0n) is 22.9. The first-order chi connectivity index (χ1) is 19.7. The summed E-state index contributed by atoms with van der Waals surface area (Å²) in [6.07, 6.45) is 5.91. The summed E-state index contributed by atoms with van der Waals surface area (Å²) in [5, 5.41) is 23.1. The number of likely N-dealkylation sites (N-methyl/N-ethyl adjacent to an activating group) is 1. The number of rotatable bonds is 14. The van der Waals surface area contributed by atoms with Crippen molar-refractivity contribution < 1.29 is 29.3 Å². The van der Waals surface area contributed by atoms with Crippen molar-refractivity contribution in [3.8, 4) is 12.3 Å². The Morgan fingerprint density at radius 3 is 2.59 bits per heavy atom. The number of aliphatic carboxylic acids is 2. The molecule has 218 valence electrons. The summed E-state index contributed by atoms with van der Waals surface area (Å²) in [4.78, 5) is 39.8. The largest absolute Gasteiger partial charge is 0.479 e. The van der Waals surface area contributed by atoms with Gasteiger partial charge in [-0.3, -0.25) is 4.57 Å². The fourth-order valence-corrected chi connectivity index (χ4v) is 5.02. The molecular formula is C28H33ClN6O6. The number of imidazole rings is 1. The van der Waals surface area contributed by atoms with E-state index in [0.29, 0.717) is 35.5 Å². The second kappa shape index (κ2) is 13.3. The summed E-state index contributed by atoms with van der Waals surface area (Å²) in [6.45, 7) is 7.15. The lowest BCUT2D eigenvalue weighted by molar-refractivity contribution is -0.188. The number of ether oxygens (including phenoxy) is 2. The quantitative estimate of drug-likeness (QED) is 0.146. The standard InChI is InChI=1S/C28H33ClN6O6/c1-4-19-14-21(35-17-31-22-23(32-27(29)33-24(22)35)30-12-13-34(5-2)6-3)41-20(19)16-40-28(25(36)37,26(38)39)15-18-10-8-7-9-11-18/h1,7-11,17,19-21H,5-6,12-16H2,2-3H3,(H,36,37)(H,38,39)(H,30,32,33). The van der Waals surface area contributed by atoms with Crippen molar-refractivity contribution in [2.24, 2.45) is 5.92 Å². The van der Waals surface area contributed by atoms with Crippen LogP contribution in [0.3, 0.4) is 0 Å². The average molecular weight is 585 g/mol. The third-order valence-corrected chi connectivity index (χ3v) is 7.42. The molecule has 3 atom stereocenters. The molecule has 1 fully saturated rings. The predicted molar refractivity (Wildman–Crippen MR) is 152 cm³/mol. The van der Waals surface area contributed by atoms with Crippen molar-refractivity contribution in [1.29, 1.82) is 0 Å². The number of terminal acetylenes is 1. The maximum atomic E-state index is 12.2. The molecule has 4 rings (SSSR count). The molecule has 0 bridgehead atoms. The van der Waals surface area contributed by atoms with Gasteiger partial charge < -0.3 is 29.9 Å². The molecule has 41 heavy (non-hydrogen) atoms. The summed E-state index contributed by atoms with van der Waals surface area (Å²) < 4.78 is 13.5. The summed E-state index contributed by atoms with van der Waals surface area (Å²) >= 11 is 6.25. The van der Waals surface area contributed by atoms with Crippen LogP contribution in [0.2, 0.25) is 5.28 Å². The maximum Gasteiger partial charge on any atom is 0.348 e. The normalized spacial score (nSPS) is 19.0. The van der Waals surface area contributed by atoms with Gasteiger partial charge in [-0.15, -0.1) is 12.3 Å². The SMILES string of the molecule is C#CC1CC(n2cnc3c(NCCN(CC)CC)nc(Cl)nc32)OC1COC(Cc1ccccc1)(C(=O)O)C(=O)O. The third kappa shape index (κ3) is 6.60. The van der Waals surface area contributed by atoms with Crippen LogP contribution in [0.15, 0.2) is 36.7 Å². The monoisotopic (exact) mass is 584 g/mol. The molecule has 1 saturated heterocycles. The molecule has 3 unspecified atom stereocenters. The highest BCUT2D eigenvalue weighted by Crippen LogP contribution is 2.36. The summed E-state index contributed by atoms with van der Waals surface area (Å²) in [5.74, 6) is -0.569. The van der Waals surface area contributed by atoms with Crippen molar-refractivity contribution >= 4 is 40.5 Å². The second-order valence-electron chi connectivity index (χ2n) is 9.67. The molecular weight excluding hydrogens is 552 g/mol. The van der Waals surface area contributed by atoms with Gasteiger partial charge >= 0.3 is 11.9 Å². The fourth-order valence-electron chi connectivity index (χ4n) is 4.85. The topological polar surface area (TPSA) is 152 Å². The van der Waals surface area contributed by atoms with Crippen molar-refractivity contribution in [1.82, 2.24) is 24.4 Å². The molecule has 1 aromatic carbocycles. The zero-order chi connectivity index (χ0) is 29.6. The van der Waals surface area contributed by atoms with E-state index in [9.17, 15) is 19.8 Å². The molecule has 1 aliphatic rings. The van der Waals surface area contributed by atoms with E-state index in [4.69, 9.17) is 27.5 Å². The number of hydrogen-bond acceptors (Lipinski definition) is 9. The molecule has 1 aliphatic heterocycles. The van der Waals surface area contributed by atoms with E-state index in [1.165, 1.54) is 0 Å². The average Bonchev–Trinajstić information content (AvgIpc) is 3.57. The Morgan fingerprint density at radius 2 is 1.95 bits per heavy atom. The highest BCUT2D eigenvalue weighted by Gasteiger charge is 2.50. The molecule has 12 nitrogen and oxygen atoms in total. The lowest BCUT2D eigenvalue weighted by Crippen LogP contribution is -2.52. The fraction of sp³-hybridized carbons (Fsp3) is 0.464. The number of carboxylic acid groups (broad SMARTS) is 2. The van der Waals surface area contributed by atoms with E-state index in [2.05, 4.69) is 44.9 Å². The number of fused-ring (bicyclic) bond motifs is 1. The van der Waals surface area contributed by atoms with Crippen LogP contribution in [0.4, 0.5) is 5.82 Å². The Kier molecular flexibility index (Phi) is 9.77. The second-order valence-corrected chi connectivity index (χ2v) is 10.0. The Balaban J connectivity index is 1.52. The minimum absolute atomic E-state index is 0.0320. The van der Waals surface area contributed by atoms with Gasteiger partial charge in [0.1, 0.15) is 6.23 Å². The van der Waals surface area contributed by atoms with E-state index in [0.717, 1.165) is 19.6 Å². The van der Waals surface area contributed by atoms with E-state index in [1.807, 2.05) is 0 Å². The smallest absolute Gasteiger partial charge is 0.348 e. The first-order valence-corrected chi connectivity index (χ1v) is 13.7. The number of hydrogen-bond donors (Lipinski definition) is 3. The number of nitrogens with one attached hydrogen (secondary N) is 1. The van der Waals surface area contributed by atoms with Crippen LogP contribution >= 0.6 is 11.6 Å². The van der Waals surface area contributed by atoms with E-state index >= 15 is 0 Å². The summed E-state index contributed by atoms with van der Waals surface area (Å²) in [6, 6.07) is 8.42. The Morgan fingerprint density at radius 1 is 1.24 bits per heavy atom. The number of anilines is 1. The van der Waals surface area contributed by atoms with Crippen LogP contribution in [0.1, 0.15) is 32.1 Å². The van der Waals surface area contributed by atoms with Gasteiger partial charge in [-0.1, -0.05) is 44.2 Å². The molecule has 3 heterocycles. The van der Waals surface area contributed by atoms with Crippen LogP contribution < -0.4 is 5.32 Å². The molecule has 0 radical (unpaired) electrons. The summed E-state index contributed by atoms with van der Waals surface area (Å²) in [5.41, 5.74) is -1.07. The lowest BCUT2D eigenvalue weighted by Gasteiger charge is -2.27. The van der Waals surface area contributed by atoms with Crippen LogP contribution in [-0.4, -0.2) is 91.1 Å². The van der Waals surface area contributed by atoms with Gasteiger partial charge in [-0.05, 0) is 30.3 Å². The number of carbonyl (C=O) groups is 2. The summed E-state index contributed by atoms with van der Waals surface area (Å²) in [7, 11) is 0. The Labute approximate surface area is 242 Å². The van der Waals surface area contributed by atoms with Crippen molar-refractivity contribution in [2.75, 3.05) is 38.1 Å². The zero-order valence-corrected chi connectivity index (χ0v) is 23.6. The number of aromatic nitrogens is 4. The van der Waals surface area contributed by atoms with Gasteiger partial charge in [0, 0.05) is 25.9 Å². The van der Waals surface area contributed by atoms with Gasteiger partial charge in [0.25, 0.3) is 5.60 Å². The first-order valence-electron chi connectivity index (χ1n) is 13.3. The number of halogens is 1. The van der Waals surface area contributed by atoms with Crippen molar-refractivity contribution in [3.63, 3.8) is 0 Å². The first kappa shape index (κ1) is 30.2. The Hall–Kier alpha value is -3.76. The predicted octanol–water partition coefficient (Wildman–Crippen LogP) is 2.94. The van der Waals surface area contributed by atoms with Crippen molar-refractivity contribution in [2.45, 2.75) is 44.6 Å². The van der Waals surface area contributed by atoms with Gasteiger partial charge in [-0.2, -0.15) is 9.97 Å². The Bertz CT molecular complexity index is 1390. The van der Waals surface area contributed by atoms with Crippen molar-refractivity contribution in [3.05, 3.63) is 47.5 Å². The van der Waals surface area contributed by atoms with E-state index < -0.39 is 35.8 Å². The van der Waals surface area contributed by atoms with Gasteiger partial charge in [0.2, 0.25) is 5.28 Å². The minimum Gasteiger partial charge on any atom is -0.479 e. The van der Waals surface area contributed by atoms with Gasteiger partial charge in [-0.25, -0.2) is 14.6 Å². The number of carboxylic acids is 2. The van der Waals surface area contributed by atoms with Gasteiger partial charge in [0.05, 0.1) is 25.0 Å². The van der Waals surface area contributed by atoms with E-state index in [-0.39, 0.29) is 18.3 Å². The molecule has 3 N–H and O–H groups in total. The van der Waals surface area contributed by atoms with Crippen LogP contribution in [0.25, 0.3) is 11.2 Å². The highest BCUT2D eigenvalue weighted by atomic mass is 35.5. The van der Waals surface area contributed by atoms with Crippen LogP contribution in [0.5, 0.6) is 0 Å². The maximum absolute atomic E-state index is 12.2. The highest BCUT2D eigenvalue weighted by molar-refractivity contribution is 6.28. The molecule has 0 aliphatic carbocycles. The van der Waals surface area contributed by atoms with Crippen LogP contribution in [-0.2, 0) is 25.5 Å². The molecule has 0 saturated carbocycles. The van der Waals surface area contributed by atoms with Crippen LogP contribution in [0, 0.1) is 18.3 Å². The molecule has 13 heteroatoms. The lowest BCUT2D eigenvalue weighted by atomic mass is 9.94. The number of nitrogens with zero attached hydrogens (tertiary/aromatic N) is 5. The molecule has 3 aromatic rings. The molecule has 2 aromatic heterocycles. The number of benzene rings is 1. The van der Waals surface area contributed by atoms with E-state index in [1.54, 1.807) is 41.2 Å². The molecule has 0 spiro atoms. The third-order valence-electron chi connectivity index (χ3n) is 7.25. The minimum atomic E-state index is -2.52. The molecule has 0 amide bonds. The van der Waals surface area contributed by atoms with Gasteiger partial charge in [0.15, 0.2) is 17.0 Å².